The Bertz CT molecular complexity index is 258. The van der Waals surface area contributed by atoms with E-state index in [1.165, 1.54) is 11.3 Å². The zero-order chi connectivity index (χ0) is 8.39. The summed E-state index contributed by atoms with van der Waals surface area (Å²) in [5.41, 5.74) is 5.45. The molecule has 12 heavy (non-hydrogen) atoms. The van der Waals surface area contributed by atoms with E-state index in [4.69, 9.17) is 10.5 Å². The van der Waals surface area contributed by atoms with Gasteiger partial charge in [-0.2, -0.15) is 0 Å². The molecular weight excluding hydrogens is 176 g/mol. The molecule has 6 heteroatoms. The fourth-order valence-electron chi connectivity index (χ4n) is 1.10. The van der Waals surface area contributed by atoms with Gasteiger partial charge in [-0.1, -0.05) is 11.3 Å². The summed E-state index contributed by atoms with van der Waals surface area (Å²) >= 11 is 1.38. The maximum absolute atomic E-state index is 5.47. The van der Waals surface area contributed by atoms with Crippen LogP contribution in [-0.2, 0) is 4.74 Å². The predicted octanol–water partition coefficient (Wildman–Crippen LogP) is -0.219. The molecule has 1 unspecified atom stereocenters. The van der Waals surface area contributed by atoms with E-state index in [-0.39, 0.29) is 6.10 Å². The average molecular weight is 186 g/mol. The summed E-state index contributed by atoms with van der Waals surface area (Å²) in [5.74, 6) is 0. The average Bonchev–Trinajstić information content (AvgIpc) is 2.54. The third-order valence-corrected chi connectivity index (χ3v) is 2.50. The Hall–Kier alpha value is -0.720. The first kappa shape index (κ1) is 7.90. The minimum atomic E-state index is 0.0357. The smallest absolute Gasteiger partial charge is 0.203 e. The van der Waals surface area contributed by atoms with E-state index in [9.17, 15) is 0 Å². The van der Waals surface area contributed by atoms with E-state index >= 15 is 0 Å². The van der Waals surface area contributed by atoms with Crippen molar-refractivity contribution in [3.05, 3.63) is 5.01 Å². The van der Waals surface area contributed by atoms with Gasteiger partial charge < -0.3 is 15.8 Å². The SMILES string of the molecule is Nc1nnc(C2CNCCO2)s1. The molecule has 0 amide bonds. The lowest BCUT2D eigenvalue weighted by Gasteiger charge is -2.20. The van der Waals surface area contributed by atoms with Crippen LogP contribution in [0.2, 0.25) is 0 Å². The molecule has 66 valence electrons. The molecule has 1 fully saturated rings. The number of ether oxygens (including phenoxy) is 1. The minimum absolute atomic E-state index is 0.0357. The van der Waals surface area contributed by atoms with Crippen LogP contribution in [0, 0.1) is 0 Å². The zero-order valence-electron chi connectivity index (χ0n) is 6.49. The third-order valence-electron chi connectivity index (χ3n) is 1.66. The molecule has 2 rings (SSSR count). The van der Waals surface area contributed by atoms with Gasteiger partial charge in [0.2, 0.25) is 5.13 Å². The van der Waals surface area contributed by atoms with Gasteiger partial charge in [0, 0.05) is 13.1 Å². The molecule has 2 heterocycles. The maximum atomic E-state index is 5.47. The van der Waals surface area contributed by atoms with Crippen molar-refractivity contribution < 1.29 is 4.74 Å². The number of rotatable bonds is 1. The van der Waals surface area contributed by atoms with Gasteiger partial charge in [0.05, 0.1) is 6.61 Å². The van der Waals surface area contributed by atoms with Crippen molar-refractivity contribution in [2.45, 2.75) is 6.10 Å². The van der Waals surface area contributed by atoms with Crippen LogP contribution >= 0.6 is 11.3 Å². The summed E-state index contributed by atoms with van der Waals surface area (Å²) in [6.45, 7) is 2.43. The second-order valence-corrected chi connectivity index (χ2v) is 3.58. The molecule has 0 aliphatic carbocycles. The molecule has 1 aromatic rings. The Morgan fingerprint density at radius 3 is 3.08 bits per heavy atom. The second-order valence-electron chi connectivity index (χ2n) is 2.54. The van der Waals surface area contributed by atoms with Gasteiger partial charge >= 0.3 is 0 Å². The van der Waals surface area contributed by atoms with Crippen LogP contribution in [-0.4, -0.2) is 29.9 Å². The first-order valence-corrected chi connectivity index (χ1v) is 4.59. The highest BCUT2D eigenvalue weighted by Gasteiger charge is 2.19. The van der Waals surface area contributed by atoms with Crippen LogP contribution < -0.4 is 11.1 Å². The Morgan fingerprint density at radius 1 is 1.58 bits per heavy atom. The summed E-state index contributed by atoms with van der Waals surface area (Å²) in [6, 6.07) is 0. The monoisotopic (exact) mass is 186 g/mol. The molecule has 0 bridgehead atoms. The van der Waals surface area contributed by atoms with Crippen molar-refractivity contribution in [2.75, 3.05) is 25.4 Å². The number of anilines is 1. The molecule has 0 spiro atoms. The highest BCUT2D eigenvalue weighted by molar-refractivity contribution is 7.15. The molecule has 1 aliphatic rings. The number of morpholine rings is 1. The van der Waals surface area contributed by atoms with Gasteiger partial charge in [-0.3, -0.25) is 0 Å². The van der Waals surface area contributed by atoms with Gasteiger partial charge in [0.25, 0.3) is 0 Å². The van der Waals surface area contributed by atoms with Gasteiger partial charge in [-0.15, -0.1) is 10.2 Å². The number of aromatic nitrogens is 2. The quantitative estimate of drug-likeness (QED) is 0.634. The first-order chi connectivity index (χ1) is 5.86. The lowest BCUT2D eigenvalue weighted by molar-refractivity contribution is 0.0272. The molecule has 0 saturated carbocycles. The van der Waals surface area contributed by atoms with Crippen LogP contribution in [0.15, 0.2) is 0 Å². The minimum Gasteiger partial charge on any atom is -0.374 e. The fourth-order valence-corrected chi connectivity index (χ4v) is 1.76. The fraction of sp³-hybridized carbons (Fsp3) is 0.667. The van der Waals surface area contributed by atoms with Gasteiger partial charge in [0.15, 0.2) is 0 Å². The summed E-state index contributed by atoms with van der Waals surface area (Å²) in [6.07, 6.45) is 0.0357. The van der Waals surface area contributed by atoms with E-state index in [0.29, 0.717) is 5.13 Å². The third kappa shape index (κ3) is 1.55. The van der Waals surface area contributed by atoms with Crippen molar-refractivity contribution in [3.8, 4) is 0 Å². The molecule has 1 atom stereocenters. The van der Waals surface area contributed by atoms with Gasteiger partial charge in [-0.25, -0.2) is 0 Å². The number of nitrogens with one attached hydrogen (secondary N) is 1. The number of hydrogen-bond donors (Lipinski definition) is 2. The summed E-state index contributed by atoms with van der Waals surface area (Å²) in [7, 11) is 0. The maximum Gasteiger partial charge on any atom is 0.203 e. The molecule has 1 aliphatic heterocycles. The molecule has 0 radical (unpaired) electrons. The van der Waals surface area contributed by atoms with Crippen molar-refractivity contribution >= 4 is 16.5 Å². The topological polar surface area (TPSA) is 73.1 Å². The van der Waals surface area contributed by atoms with E-state index in [2.05, 4.69) is 15.5 Å². The van der Waals surface area contributed by atoms with E-state index in [1.807, 2.05) is 0 Å². The summed E-state index contributed by atoms with van der Waals surface area (Å²) in [4.78, 5) is 0. The van der Waals surface area contributed by atoms with Crippen molar-refractivity contribution in [2.24, 2.45) is 0 Å². The highest BCUT2D eigenvalue weighted by Crippen LogP contribution is 2.22. The van der Waals surface area contributed by atoms with Gasteiger partial charge in [0.1, 0.15) is 11.1 Å². The molecule has 0 aromatic carbocycles. The lowest BCUT2D eigenvalue weighted by Crippen LogP contribution is -2.33. The highest BCUT2D eigenvalue weighted by atomic mass is 32.1. The molecular formula is C6H10N4OS. The van der Waals surface area contributed by atoms with Crippen LogP contribution in [0.3, 0.4) is 0 Å². The van der Waals surface area contributed by atoms with Crippen LogP contribution in [0.4, 0.5) is 5.13 Å². The lowest BCUT2D eigenvalue weighted by atomic mass is 10.3. The number of hydrogen-bond acceptors (Lipinski definition) is 6. The van der Waals surface area contributed by atoms with Crippen LogP contribution in [0.5, 0.6) is 0 Å². The Morgan fingerprint density at radius 2 is 2.50 bits per heavy atom. The number of nitrogens with two attached hydrogens (primary N) is 1. The van der Waals surface area contributed by atoms with Crippen molar-refractivity contribution in [1.82, 2.24) is 15.5 Å². The summed E-state index contributed by atoms with van der Waals surface area (Å²) < 4.78 is 5.47. The Balaban J connectivity index is 2.08. The first-order valence-electron chi connectivity index (χ1n) is 3.77. The Labute approximate surface area is 73.9 Å². The predicted molar refractivity (Wildman–Crippen MR) is 45.9 cm³/mol. The second kappa shape index (κ2) is 3.34. The van der Waals surface area contributed by atoms with Crippen LogP contribution in [0.25, 0.3) is 0 Å². The Kier molecular flexibility index (Phi) is 2.20. The largest absolute Gasteiger partial charge is 0.374 e. The van der Waals surface area contributed by atoms with E-state index < -0.39 is 0 Å². The molecule has 1 aromatic heterocycles. The zero-order valence-corrected chi connectivity index (χ0v) is 7.30. The van der Waals surface area contributed by atoms with Crippen molar-refractivity contribution in [1.29, 1.82) is 0 Å². The van der Waals surface area contributed by atoms with Crippen molar-refractivity contribution in [3.63, 3.8) is 0 Å². The summed E-state index contributed by atoms with van der Waals surface area (Å²) in [5, 5.41) is 12.2. The number of nitrogen functional groups attached to an aromatic ring is 1. The van der Waals surface area contributed by atoms with Gasteiger partial charge in [-0.05, 0) is 0 Å². The van der Waals surface area contributed by atoms with E-state index in [0.717, 1.165) is 24.7 Å². The molecule has 1 saturated heterocycles. The van der Waals surface area contributed by atoms with Crippen LogP contribution in [0.1, 0.15) is 11.1 Å². The standard InChI is InChI=1S/C6H10N4OS/c7-6-10-9-5(12-6)4-3-8-1-2-11-4/h4,8H,1-3H2,(H2,7,10). The normalized spacial score (nSPS) is 24.2. The molecule has 3 N–H and O–H groups in total. The van der Waals surface area contributed by atoms with E-state index in [1.54, 1.807) is 0 Å². The molecule has 5 nitrogen and oxygen atoms in total. The number of nitrogens with zero attached hydrogens (tertiary/aromatic N) is 2.